The number of benzene rings is 2. The zero-order valence-corrected chi connectivity index (χ0v) is 14.6. The molecule has 0 heterocycles. The molecule has 24 heavy (non-hydrogen) atoms. The Bertz CT molecular complexity index is 743. The van der Waals surface area contributed by atoms with Crippen molar-refractivity contribution >= 4 is 23.6 Å². The Morgan fingerprint density at radius 3 is 2.50 bits per heavy atom. The summed E-state index contributed by atoms with van der Waals surface area (Å²) < 4.78 is 10.5. The summed E-state index contributed by atoms with van der Waals surface area (Å²) in [5.41, 5.74) is 1.72. The summed E-state index contributed by atoms with van der Waals surface area (Å²) in [4.78, 5) is 12.1. The molecule has 4 nitrogen and oxygen atoms in total. The number of halogens is 1. The number of hydrogen-bond acceptors (Lipinski definition) is 3. The second-order valence-electron chi connectivity index (χ2n) is 5.20. The van der Waals surface area contributed by atoms with E-state index in [1.807, 2.05) is 43.3 Å². The SMILES string of the molecule is COc1ccc([C@@H](C)NC(=O)/C=C/c2ccccc2Cl)cc1OC. The van der Waals surface area contributed by atoms with E-state index in [1.165, 1.54) is 6.08 Å². The van der Waals surface area contributed by atoms with Crippen LogP contribution in [0.1, 0.15) is 24.1 Å². The van der Waals surface area contributed by atoms with Gasteiger partial charge in [0.2, 0.25) is 5.91 Å². The van der Waals surface area contributed by atoms with Crippen LogP contribution in [-0.2, 0) is 4.79 Å². The first-order valence-electron chi connectivity index (χ1n) is 7.50. The summed E-state index contributed by atoms with van der Waals surface area (Å²) in [5, 5.41) is 3.52. The van der Waals surface area contributed by atoms with Gasteiger partial charge < -0.3 is 14.8 Å². The lowest BCUT2D eigenvalue weighted by Gasteiger charge is -2.15. The molecule has 1 atom stereocenters. The molecule has 0 aromatic heterocycles. The van der Waals surface area contributed by atoms with Gasteiger partial charge >= 0.3 is 0 Å². The standard InChI is InChI=1S/C19H20ClNO3/c1-13(15-8-10-17(23-2)18(12-15)24-3)21-19(22)11-9-14-6-4-5-7-16(14)20/h4-13H,1-3H3,(H,21,22)/b11-9+/t13-/m1/s1. The van der Waals surface area contributed by atoms with Gasteiger partial charge in [-0.25, -0.2) is 0 Å². The monoisotopic (exact) mass is 345 g/mol. The van der Waals surface area contributed by atoms with Crippen LogP contribution < -0.4 is 14.8 Å². The lowest BCUT2D eigenvalue weighted by molar-refractivity contribution is -0.117. The van der Waals surface area contributed by atoms with Crippen LogP contribution in [0.4, 0.5) is 0 Å². The molecular formula is C19H20ClNO3. The van der Waals surface area contributed by atoms with Gasteiger partial charge in [-0.3, -0.25) is 4.79 Å². The molecule has 1 amide bonds. The van der Waals surface area contributed by atoms with Gasteiger partial charge in [0, 0.05) is 11.1 Å². The number of methoxy groups -OCH3 is 2. The minimum atomic E-state index is -0.197. The normalized spacial score (nSPS) is 12.0. The Morgan fingerprint density at radius 2 is 1.83 bits per heavy atom. The van der Waals surface area contributed by atoms with Crippen molar-refractivity contribution in [1.82, 2.24) is 5.32 Å². The summed E-state index contributed by atoms with van der Waals surface area (Å²) in [6.07, 6.45) is 3.16. The molecule has 126 valence electrons. The van der Waals surface area contributed by atoms with Gasteiger partial charge in [0.05, 0.1) is 20.3 Å². The van der Waals surface area contributed by atoms with Crippen molar-refractivity contribution in [2.45, 2.75) is 13.0 Å². The number of rotatable bonds is 6. The van der Waals surface area contributed by atoms with Crippen LogP contribution in [-0.4, -0.2) is 20.1 Å². The van der Waals surface area contributed by atoms with Gasteiger partial charge in [0.1, 0.15) is 0 Å². The molecule has 2 aromatic rings. The van der Waals surface area contributed by atoms with E-state index in [4.69, 9.17) is 21.1 Å². The summed E-state index contributed by atoms with van der Waals surface area (Å²) >= 11 is 6.06. The van der Waals surface area contributed by atoms with E-state index in [9.17, 15) is 4.79 Å². The van der Waals surface area contributed by atoms with Crippen LogP contribution in [0.15, 0.2) is 48.5 Å². The minimum absolute atomic E-state index is 0.173. The summed E-state index contributed by atoms with van der Waals surface area (Å²) in [5.74, 6) is 1.08. The number of carbonyl (C=O) groups excluding carboxylic acids is 1. The Kier molecular flexibility index (Phi) is 6.27. The molecule has 1 N–H and O–H groups in total. The van der Waals surface area contributed by atoms with Gasteiger partial charge in [-0.2, -0.15) is 0 Å². The first-order chi connectivity index (χ1) is 11.5. The maximum atomic E-state index is 12.1. The fourth-order valence-corrected chi connectivity index (χ4v) is 2.44. The molecule has 5 heteroatoms. The molecule has 0 saturated heterocycles. The number of ether oxygens (including phenoxy) is 2. The third-order valence-electron chi connectivity index (χ3n) is 3.59. The fraction of sp³-hybridized carbons (Fsp3) is 0.211. The Labute approximate surface area is 147 Å². The van der Waals surface area contributed by atoms with E-state index in [-0.39, 0.29) is 11.9 Å². The molecule has 0 unspecified atom stereocenters. The molecule has 0 bridgehead atoms. The van der Waals surface area contributed by atoms with Crippen molar-refractivity contribution in [2.75, 3.05) is 14.2 Å². The quantitative estimate of drug-likeness (QED) is 0.796. The lowest BCUT2D eigenvalue weighted by Crippen LogP contribution is -2.24. The molecule has 0 aliphatic heterocycles. The van der Waals surface area contributed by atoms with E-state index in [0.717, 1.165) is 11.1 Å². The fourth-order valence-electron chi connectivity index (χ4n) is 2.24. The summed E-state index contributed by atoms with van der Waals surface area (Å²) in [6, 6.07) is 12.7. The molecule has 0 spiro atoms. The van der Waals surface area contributed by atoms with Crippen LogP contribution >= 0.6 is 11.6 Å². The highest BCUT2D eigenvalue weighted by Gasteiger charge is 2.11. The molecular weight excluding hydrogens is 326 g/mol. The predicted octanol–water partition coefficient (Wildman–Crippen LogP) is 4.25. The highest BCUT2D eigenvalue weighted by Crippen LogP contribution is 2.29. The highest BCUT2D eigenvalue weighted by atomic mass is 35.5. The third-order valence-corrected chi connectivity index (χ3v) is 3.93. The minimum Gasteiger partial charge on any atom is -0.493 e. The molecule has 0 saturated carbocycles. The van der Waals surface area contributed by atoms with Gasteiger partial charge in [0.25, 0.3) is 0 Å². The van der Waals surface area contributed by atoms with Gasteiger partial charge in [0.15, 0.2) is 11.5 Å². The largest absolute Gasteiger partial charge is 0.493 e. The maximum absolute atomic E-state index is 12.1. The first-order valence-corrected chi connectivity index (χ1v) is 7.88. The van der Waals surface area contributed by atoms with Crippen LogP contribution in [0.2, 0.25) is 5.02 Å². The van der Waals surface area contributed by atoms with E-state index < -0.39 is 0 Å². The van der Waals surface area contributed by atoms with Crippen LogP contribution in [0.3, 0.4) is 0 Å². The molecule has 0 fully saturated rings. The van der Waals surface area contributed by atoms with Crippen molar-refractivity contribution in [3.8, 4) is 11.5 Å². The lowest BCUT2D eigenvalue weighted by atomic mass is 10.1. The van der Waals surface area contributed by atoms with E-state index in [2.05, 4.69) is 5.32 Å². The Hall–Kier alpha value is -2.46. The average molecular weight is 346 g/mol. The number of hydrogen-bond donors (Lipinski definition) is 1. The van der Waals surface area contributed by atoms with E-state index in [0.29, 0.717) is 16.5 Å². The van der Waals surface area contributed by atoms with E-state index in [1.54, 1.807) is 26.4 Å². The second kappa shape index (κ2) is 8.41. The number of nitrogens with one attached hydrogen (secondary N) is 1. The van der Waals surface area contributed by atoms with Crippen molar-refractivity contribution in [3.63, 3.8) is 0 Å². The summed E-state index contributed by atoms with van der Waals surface area (Å²) in [7, 11) is 3.17. The van der Waals surface area contributed by atoms with E-state index >= 15 is 0 Å². The number of carbonyl (C=O) groups is 1. The van der Waals surface area contributed by atoms with Crippen molar-refractivity contribution < 1.29 is 14.3 Å². The predicted molar refractivity (Wildman–Crippen MR) is 96.6 cm³/mol. The molecule has 2 aromatic carbocycles. The van der Waals surface area contributed by atoms with Crippen molar-refractivity contribution in [1.29, 1.82) is 0 Å². The van der Waals surface area contributed by atoms with Crippen molar-refractivity contribution in [2.24, 2.45) is 0 Å². The van der Waals surface area contributed by atoms with Gasteiger partial charge in [-0.1, -0.05) is 35.9 Å². The van der Waals surface area contributed by atoms with Crippen LogP contribution in [0, 0.1) is 0 Å². The Balaban J connectivity index is 2.05. The van der Waals surface area contributed by atoms with Crippen molar-refractivity contribution in [3.05, 3.63) is 64.7 Å². The average Bonchev–Trinajstić information content (AvgIpc) is 2.60. The maximum Gasteiger partial charge on any atom is 0.244 e. The molecule has 0 aliphatic carbocycles. The smallest absolute Gasteiger partial charge is 0.244 e. The first kappa shape index (κ1) is 17.9. The van der Waals surface area contributed by atoms with Gasteiger partial charge in [-0.15, -0.1) is 0 Å². The molecule has 0 aliphatic rings. The second-order valence-corrected chi connectivity index (χ2v) is 5.61. The van der Waals surface area contributed by atoms with Crippen LogP contribution in [0.5, 0.6) is 11.5 Å². The zero-order chi connectivity index (χ0) is 17.5. The summed E-state index contributed by atoms with van der Waals surface area (Å²) in [6.45, 7) is 1.91. The molecule has 2 rings (SSSR count). The highest BCUT2D eigenvalue weighted by molar-refractivity contribution is 6.32. The topological polar surface area (TPSA) is 47.6 Å². The third kappa shape index (κ3) is 4.52. The molecule has 0 radical (unpaired) electrons. The zero-order valence-electron chi connectivity index (χ0n) is 13.9. The van der Waals surface area contributed by atoms with Gasteiger partial charge in [-0.05, 0) is 42.3 Å². The number of amides is 1. The Morgan fingerprint density at radius 1 is 1.12 bits per heavy atom. The van der Waals surface area contributed by atoms with Crippen LogP contribution in [0.25, 0.3) is 6.08 Å².